The summed E-state index contributed by atoms with van der Waals surface area (Å²) in [5, 5.41) is 4.34. The molecule has 0 aliphatic heterocycles. The molecule has 5 heteroatoms. The van der Waals surface area contributed by atoms with E-state index in [0.29, 0.717) is 18.7 Å². The van der Waals surface area contributed by atoms with Crippen molar-refractivity contribution in [1.29, 1.82) is 0 Å². The fourth-order valence-corrected chi connectivity index (χ4v) is 2.12. The number of nitrogens with zero attached hydrogens (tertiary/aromatic N) is 3. The average molecular weight is 286 g/mol. The van der Waals surface area contributed by atoms with Crippen molar-refractivity contribution in [3.63, 3.8) is 0 Å². The Morgan fingerprint density at radius 2 is 2.05 bits per heavy atom. The standard InChI is InChI=1S/C16H22N4O/c1-12(9-17)19(3)16(21)15-10-18-20(13(15)2)11-14-7-5-4-6-8-14/h4-8,10,12H,9,11,17H2,1-3H3. The lowest BCUT2D eigenvalue weighted by Crippen LogP contribution is -2.39. The van der Waals surface area contributed by atoms with Gasteiger partial charge in [0.25, 0.3) is 5.91 Å². The molecule has 0 saturated heterocycles. The third kappa shape index (κ3) is 3.31. The van der Waals surface area contributed by atoms with Crippen LogP contribution in [0.3, 0.4) is 0 Å². The van der Waals surface area contributed by atoms with Crippen LogP contribution < -0.4 is 5.73 Å². The minimum atomic E-state index is -0.0373. The van der Waals surface area contributed by atoms with Crippen LogP contribution in [-0.4, -0.2) is 40.2 Å². The van der Waals surface area contributed by atoms with Crippen LogP contribution in [0.4, 0.5) is 0 Å². The molecule has 0 aliphatic rings. The van der Waals surface area contributed by atoms with E-state index in [1.807, 2.05) is 48.9 Å². The molecule has 0 aliphatic carbocycles. The van der Waals surface area contributed by atoms with Gasteiger partial charge in [-0.3, -0.25) is 9.48 Å². The van der Waals surface area contributed by atoms with Gasteiger partial charge in [0.2, 0.25) is 0 Å². The molecule has 0 bridgehead atoms. The Balaban J connectivity index is 2.19. The first-order valence-electron chi connectivity index (χ1n) is 7.08. The van der Waals surface area contributed by atoms with E-state index in [9.17, 15) is 4.79 Å². The average Bonchev–Trinajstić information content (AvgIpc) is 2.87. The molecule has 0 radical (unpaired) electrons. The Kier molecular flexibility index (Phi) is 4.75. The molecule has 2 rings (SSSR count). The van der Waals surface area contributed by atoms with Crippen molar-refractivity contribution in [3.8, 4) is 0 Å². The summed E-state index contributed by atoms with van der Waals surface area (Å²) in [7, 11) is 1.77. The molecule has 2 aromatic rings. The number of benzene rings is 1. The molecule has 5 nitrogen and oxygen atoms in total. The van der Waals surface area contributed by atoms with Gasteiger partial charge in [-0.25, -0.2) is 0 Å². The highest BCUT2D eigenvalue weighted by Gasteiger charge is 2.20. The zero-order chi connectivity index (χ0) is 15.4. The van der Waals surface area contributed by atoms with Gasteiger partial charge in [-0.05, 0) is 19.4 Å². The van der Waals surface area contributed by atoms with Crippen molar-refractivity contribution in [2.45, 2.75) is 26.4 Å². The van der Waals surface area contributed by atoms with E-state index < -0.39 is 0 Å². The fraction of sp³-hybridized carbons (Fsp3) is 0.375. The van der Waals surface area contributed by atoms with E-state index in [0.717, 1.165) is 11.3 Å². The summed E-state index contributed by atoms with van der Waals surface area (Å²) in [4.78, 5) is 14.1. The fourth-order valence-electron chi connectivity index (χ4n) is 2.12. The number of carbonyl (C=O) groups excluding carboxylic acids is 1. The van der Waals surface area contributed by atoms with Gasteiger partial charge in [-0.1, -0.05) is 30.3 Å². The van der Waals surface area contributed by atoms with Gasteiger partial charge in [0, 0.05) is 25.3 Å². The topological polar surface area (TPSA) is 64.2 Å². The first kappa shape index (κ1) is 15.3. The van der Waals surface area contributed by atoms with Crippen LogP contribution in [0.25, 0.3) is 0 Å². The molecular formula is C16H22N4O. The molecule has 21 heavy (non-hydrogen) atoms. The third-order valence-electron chi connectivity index (χ3n) is 3.83. The summed E-state index contributed by atoms with van der Waals surface area (Å²) < 4.78 is 1.85. The molecule has 1 amide bonds. The monoisotopic (exact) mass is 286 g/mol. The Hall–Kier alpha value is -2.14. The van der Waals surface area contributed by atoms with Crippen molar-refractivity contribution in [2.75, 3.05) is 13.6 Å². The first-order valence-corrected chi connectivity index (χ1v) is 7.08. The zero-order valence-corrected chi connectivity index (χ0v) is 12.8. The van der Waals surface area contributed by atoms with Crippen LogP contribution in [-0.2, 0) is 6.54 Å². The summed E-state index contributed by atoms with van der Waals surface area (Å²) >= 11 is 0. The van der Waals surface area contributed by atoms with Gasteiger partial charge < -0.3 is 10.6 Å². The highest BCUT2D eigenvalue weighted by Crippen LogP contribution is 2.13. The summed E-state index contributed by atoms with van der Waals surface area (Å²) in [6.45, 7) is 4.96. The van der Waals surface area contributed by atoms with Crippen molar-refractivity contribution < 1.29 is 4.79 Å². The van der Waals surface area contributed by atoms with Crippen LogP contribution in [0.2, 0.25) is 0 Å². The van der Waals surface area contributed by atoms with Crippen molar-refractivity contribution in [1.82, 2.24) is 14.7 Å². The molecule has 1 aromatic carbocycles. The van der Waals surface area contributed by atoms with Gasteiger partial charge in [0.15, 0.2) is 0 Å². The van der Waals surface area contributed by atoms with E-state index in [2.05, 4.69) is 5.10 Å². The zero-order valence-electron chi connectivity index (χ0n) is 12.8. The van der Waals surface area contributed by atoms with Crippen molar-refractivity contribution in [3.05, 3.63) is 53.3 Å². The normalized spacial score (nSPS) is 12.2. The van der Waals surface area contributed by atoms with Crippen LogP contribution in [0.5, 0.6) is 0 Å². The van der Waals surface area contributed by atoms with E-state index in [1.54, 1.807) is 18.1 Å². The second-order valence-corrected chi connectivity index (χ2v) is 5.29. The number of hydrogen-bond donors (Lipinski definition) is 1. The van der Waals surface area contributed by atoms with Crippen LogP contribution in [0.15, 0.2) is 36.5 Å². The van der Waals surface area contributed by atoms with Gasteiger partial charge in [0.05, 0.1) is 18.3 Å². The molecule has 0 saturated carbocycles. The Morgan fingerprint density at radius 3 is 2.67 bits per heavy atom. The van der Waals surface area contributed by atoms with Crippen LogP contribution >= 0.6 is 0 Å². The number of likely N-dealkylation sites (N-methyl/N-ethyl adjacent to an activating group) is 1. The van der Waals surface area contributed by atoms with E-state index in [-0.39, 0.29) is 11.9 Å². The quantitative estimate of drug-likeness (QED) is 0.909. The number of aromatic nitrogens is 2. The molecular weight excluding hydrogens is 264 g/mol. The predicted octanol–water partition coefficient (Wildman–Crippen LogP) is 1.66. The van der Waals surface area contributed by atoms with Crippen LogP contribution in [0.1, 0.15) is 28.5 Å². The van der Waals surface area contributed by atoms with Crippen LogP contribution in [0, 0.1) is 6.92 Å². The Labute approximate surface area is 125 Å². The lowest BCUT2D eigenvalue weighted by atomic mass is 10.2. The number of rotatable bonds is 5. The molecule has 1 aromatic heterocycles. The SMILES string of the molecule is Cc1c(C(=O)N(C)C(C)CN)cnn1Cc1ccccc1. The summed E-state index contributed by atoms with van der Waals surface area (Å²) in [6.07, 6.45) is 1.64. The van der Waals surface area contributed by atoms with Gasteiger partial charge in [-0.2, -0.15) is 5.10 Å². The van der Waals surface area contributed by atoms with Crippen molar-refractivity contribution >= 4 is 5.91 Å². The van der Waals surface area contributed by atoms with Crippen molar-refractivity contribution in [2.24, 2.45) is 5.73 Å². The number of nitrogens with two attached hydrogens (primary N) is 1. The number of hydrogen-bond acceptors (Lipinski definition) is 3. The lowest BCUT2D eigenvalue weighted by Gasteiger charge is -2.23. The molecule has 1 heterocycles. The lowest BCUT2D eigenvalue weighted by molar-refractivity contribution is 0.0747. The highest BCUT2D eigenvalue weighted by molar-refractivity contribution is 5.95. The molecule has 2 N–H and O–H groups in total. The van der Waals surface area contributed by atoms with Gasteiger partial charge >= 0.3 is 0 Å². The van der Waals surface area contributed by atoms with Gasteiger partial charge in [-0.15, -0.1) is 0 Å². The Bertz CT molecular complexity index is 606. The summed E-state index contributed by atoms with van der Waals surface area (Å²) in [5.41, 5.74) is 8.29. The molecule has 112 valence electrons. The smallest absolute Gasteiger partial charge is 0.257 e. The molecule has 1 atom stereocenters. The summed E-state index contributed by atoms with van der Waals surface area (Å²) in [6, 6.07) is 10.1. The number of amides is 1. The molecule has 0 fully saturated rings. The largest absolute Gasteiger partial charge is 0.338 e. The second kappa shape index (κ2) is 6.54. The van der Waals surface area contributed by atoms with E-state index in [1.165, 1.54) is 0 Å². The maximum Gasteiger partial charge on any atom is 0.257 e. The second-order valence-electron chi connectivity index (χ2n) is 5.29. The van der Waals surface area contributed by atoms with Gasteiger partial charge in [0.1, 0.15) is 0 Å². The minimum Gasteiger partial charge on any atom is -0.338 e. The number of carbonyl (C=O) groups is 1. The maximum atomic E-state index is 12.4. The van der Waals surface area contributed by atoms with E-state index >= 15 is 0 Å². The first-order chi connectivity index (χ1) is 10.0. The highest BCUT2D eigenvalue weighted by atomic mass is 16.2. The molecule has 0 spiro atoms. The minimum absolute atomic E-state index is 0.00868. The predicted molar refractivity (Wildman–Crippen MR) is 83.1 cm³/mol. The molecule has 1 unspecified atom stereocenters. The maximum absolute atomic E-state index is 12.4. The Morgan fingerprint density at radius 1 is 1.38 bits per heavy atom. The van der Waals surface area contributed by atoms with E-state index in [4.69, 9.17) is 5.73 Å². The third-order valence-corrected chi connectivity index (χ3v) is 3.83. The summed E-state index contributed by atoms with van der Waals surface area (Å²) in [5.74, 6) is -0.0373.